The predicted octanol–water partition coefficient (Wildman–Crippen LogP) is 1.02. The molecule has 11 heavy (non-hydrogen) atoms. The first kappa shape index (κ1) is 7.56. The van der Waals surface area contributed by atoms with Gasteiger partial charge in [0.2, 0.25) is 0 Å². The van der Waals surface area contributed by atoms with Crippen molar-refractivity contribution in [2.75, 3.05) is 19.7 Å². The third-order valence-corrected chi connectivity index (χ3v) is 2.99. The van der Waals surface area contributed by atoms with Gasteiger partial charge >= 0.3 is 0 Å². The van der Waals surface area contributed by atoms with Crippen molar-refractivity contribution in [3.63, 3.8) is 0 Å². The number of ether oxygens (including phenoxy) is 1. The number of nitrogens with one attached hydrogen (secondary N) is 1. The molecule has 1 unspecified atom stereocenters. The summed E-state index contributed by atoms with van der Waals surface area (Å²) in [5.41, 5.74) is 0.581. The van der Waals surface area contributed by atoms with Gasteiger partial charge in [0.25, 0.3) is 0 Å². The summed E-state index contributed by atoms with van der Waals surface area (Å²) in [6, 6.07) is 0. The third-order valence-electron chi connectivity index (χ3n) is 2.99. The zero-order valence-electron chi connectivity index (χ0n) is 7.39. The molecular weight excluding hydrogens is 138 g/mol. The Morgan fingerprint density at radius 2 is 2.09 bits per heavy atom. The van der Waals surface area contributed by atoms with Crippen molar-refractivity contribution >= 4 is 0 Å². The molecule has 1 aliphatic heterocycles. The minimum absolute atomic E-state index is 0.520. The number of rotatable bonds is 3. The largest absolute Gasteiger partial charge is 0.375 e. The van der Waals surface area contributed by atoms with Gasteiger partial charge in [-0.3, -0.25) is 0 Å². The molecule has 1 N–H and O–H groups in total. The van der Waals surface area contributed by atoms with Crippen molar-refractivity contribution in [1.82, 2.24) is 5.32 Å². The van der Waals surface area contributed by atoms with Crippen LogP contribution in [0.4, 0.5) is 0 Å². The summed E-state index contributed by atoms with van der Waals surface area (Å²) in [7, 11) is 0. The smallest absolute Gasteiger partial charge is 0.0823 e. The van der Waals surface area contributed by atoms with E-state index in [9.17, 15) is 0 Å². The van der Waals surface area contributed by atoms with Crippen LogP contribution < -0.4 is 5.32 Å². The highest BCUT2D eigenvalue weighted by Gasteiger charge is 2.45. The van der Waals surface area contributed by atoms with Crippen LogP contribution in [-0.2, 0) is 4.74 Å². The Balaban J connectivity index is 1.61. The van der Waals surface area contributed by atoms with Crippen LogP contribution in [0.2, 0.25) is 0 Å². The molecule has 1 heterocycles. The highest BCUT2D eigenvalue weighted by atomic mass is 16.5. The van der Waals surface area contributed by atoms with E-state index >= 15 is 0 Å². The first-order chi connectivity index (χ1) is 5.18. The van der Waals surface area contributed by atoms with Crippen LogP contribution in [0.15, 0.2) is 0 Å². The minimum Gasteiger partial charge on any atom is -0.375 e. The van der Waals surface area contributed by atoms with Crippen molar-refractivity contribution < 1.29 is 4.74 Å². The van der Waals surface area contributed by atoms with E-state index in [4.69, 9.17) is 4.74 Å². The first-order valence-corrected chi connectivity index (χ1v) is 4.51. The summed E-state index contributed by atoms with van der Waals surface area (Å²) in [5, 5.41) is 3.20. The van der Waals surface area contributed by atoms with Gasteiger partial charge in [0.15, 0.2) is 0 Å². The van der Waals surface area contributed by atoms with Gasteiger partial charge in [-0.15, -0.1) is 0 Å². The van der Waals surface area contributed by atoms with Gasteiger partial charge in [-0.05, 0) is 17.8 Å². The lowest BCUT2D eigenvalue weighted by Crippen LogP contribution is -2.48. The molecule has 64 valence electrons. The maximum absolute atomic E-state index is 5.67. The molecule has 0 aromatic heterocycles. The van der Waals surface area contributed by atoms with E-state index in [2.05, 4.69) is 19.2 Å². The molecule has 1 aliphatic carbocycles. The minimum atomic E-state index is 0.520. The van der Waals surface area contributed by atoms with Crippen molar-refractivity contribution in [1.29, 1.82) is 0 Å². The van der Waals surface area contributed by atoms with Crippen molar-refractivity contribution in [2.24, 2.45) is 11.3 Å². The zero-order chi connectivity index (χ0) is 7.90. The van der Waals surface area contributed by atoms with E-state index in [1.165, 1.54) is 6.42 Å². The highest BCUT2D eigenvalue weighted by Crippen LogP contribution is 2.51. The Morgan fingerprint density at radius 1 is 1.45 bits per heavy atom. The lowest BCUT2D eigenvalue weighted by atomic mass is 10.1. The van der Waals surface area contributed by atoms with E-state index in [1.54, 1.807) is 0 Å². The second-order valence-corrected chi connectivity index (χ2v) is 4.50. The summed E-state index contributed by atoms with van der Waals surface area (Å²) in [6.07, 6.45) is 1.87. The van der Waals surface area contributed by atoms with Crippen molar-refractivity contribution in [3.8, 4) is 0 Å². The van der Waals surface area contributed by atoms with Crippen LogP contribution in [0, 0.1) is 11.3 Å². The second kappa shape index (κ2) is 2.46. The standard InChI is InChI=1S/C9H17NO/c1-9(2)3-7(9)6-11-8-4-10-5-8/h7-8,10H,3-6H2,1-2H3. The zero-order valence-corrected chi connectivity index (χ0v) is 7.39. The molecule has 2 heteroatoms. The Hall–Kier alpha value is -0.0800. The van der Waals surface area contributed by atoms with Gasteiger partial charge in [0.1, 0.15) is 0 Å². The van der Waals surface area contributed by atoms with Crippen LogP contribution in [-0.4, -0.2) is 25.8 Å². The summed E-state index contributed by atoms with van der Waals surface area (Å²) < 4.78 is 5.67. The quantitative estimate of drug-likeness (QED) is 0.657. The topological polar surface area (TPSA) is 21.3 Å². The predicted molar refractivity (Wildman–Crippen MR) is 44.5 cm³/mol. The molecule has 0 bridgehead atoms. The maximum atomic E-state index is 5.67. The molecule has 2 fully saturated rings. The molecule has 1 saturated heterocycles. The van der Waals surface area contributed by atoms with Crippen molar-refractivity contribution in [3.05, 3.63) is 0 Å². The molecule has 0 spiro atoms. The van der Waals surface area contributed by atoms with Crippen LogP contribution in [0.25, 0.3) is 0 Å². The fraction of sp³-hybridized carbons (Fsp3) is 1.00. The molecule has 1 saturated carbocycles. The van der Waals surface area contributed by atoms with E-state index in [-0.39, 0.29) is 0 Å². The monoisotopic (exact) mass is 155 g/mol. The fourth-order valence-electron chi connectivity index (χ4n) is 1.49. The van der Waals surface area contributed by atoms with Gasteiger partial charge in [0.05, 0.1) is 12.7 Å². The second-order valence-electron chi connectivity index (χ2n) is 4.50. The number of hydrogen-bond donors (Lipinski definition) is 1. The van der Waals surface area contributed by atoms with Crippen LogP contribution in [0.5, 0.6) is 0 Å². The Morgan fingerprint density at radius 3 is 2.45 bits per heavy atom. The van der Waals surface area contributed by atoms with E-state index < -0.39 is 0 Å². The summed E-state index contributed by atoms with van der Waals surface area (Å²) in [6.45, 7) is 7.75. The maximum Gasteiger partial charge on any atom is 0.0823 e. The SMILES string of the molecule is CC1(C)CC1COC1CNC1. The molecule has 2 rings (SSSR count). The summed E-state index contributed by atoms with van der Waals surface area (Å²) in [5.74, 6) is 0.836. The van der Waals surface area contributed by atoms with E-state index in [0.29, 0.717) is 11.5 Å². The Bertz CT molecular complexity index is 152. The molecule has 0 radical (unpaired) electrons. The molecule has 0 aromatic rings. The molecule has 0 amide bonds. The number of hydrogen-bond acceptors (Lipinski definition) is 2. The van der Waals surface area contributed by atoms with Gasteiger partial charge in [-0.25, -0.2) is 0 Å². The van der Waals surface area contributed by atoms with Crippen LogP contribution in [0.1, 0.15) is 20.3 Å². The van der Waals surface area contributed by atoms with Crippen molar-refractivity contribution in [2.45, 2.75) is 26.4 Å². The lowest BCUT2D eigenvalue weighted by molar-refractivity contribution is 0.00904. The van der Waals surface area contributed by atoms with Gasteiger partial charge in [0, 0.05) is 13.1 Å². The van der Waals surface area contributed by atoms with Crippen LogP contribution >= 0.6 is 0 Å². The lowest BCUT2D eigenvalue weighted by Gasteiger charge is -2.27. The Kier molecular flexibility index (Phi) is 1.69. The van der Waals surface area contributed by atoms with Gasteiger partial charge < -0.3 is 10.1 Å². The molecular formula is C9H17NO. The average molecular weight is 155 g/mol. The first-order valence-electron chi connectivity index (χ1n) is 4.51. The van der Waals surface area contributed by atoms with Gasteiger partial charge in [-0.2, -0.15) is 0 Å². The molecule has 2 aliphatic rings. The average Bonchev–Trinajstić information content (AvgIpc) is 2.36. The summed E-state index contributed by atoms with van der Waals surface area (Å²) >= 11 is 0. The normalized spacial score (nSPS) is 34.9. The Labute approximate surface area is 68.3 Å². The fourth-order valence-corrected chi connectivity index (χ4v) is 1.49. The van der Waals surface area contributed by atoms with E-state index in [1.807, 2.05) is 0 Å². The third kappa shape index (κ3) is 1.57. The van der Waals surface area contributed by atoms with E-state index in [0.717, 1.165) is 25.6 Å². The highest BCUT2D eigenvalue weighted by molar-refractivity contribution is 4.95. The van der Waals surface area contributed by atoms with Gasteiger partial charge in [-0.1, -0.05) is 13.8 Å². The summed E-state index contributed by atoms with van der Waals surface area (Å²) in [4.78, 5) is 0. The van der Waals surface area contributed by atoms with Crippen LogP contribution in [0.3, 0.4) is 0 Å². The molecule has 0 aromatic carbocycles. The molecule has 2 nitrogen and oxygen atoms in total. The molecule has 1 atom stereocenters.